The maximum absolute atomic E-state index is 13.3. The third-order valence-corrected chi connectivity index (χ3v) is 7.83. The summed E-state index contributed by atoms with van der Waals surface area (Å²) in [6.07, 6.45) is 8.70. The van der Waals surface area contributed by atoms with Crippen molar-refractivity contribution in [2.75, 3.05) is 11.9 Å². The minimum absolute atomic E-state index is 0.00927. The van der Waals surface area contributed by atoms with Crippen molar-refractivity contribution < 1.29 is 9.59 Å². The van der Waals surface area contributed by atoms with Crippen LogP contribution in [0, 0.1) is 5.92 Å². The molecule has 0 bridgehead atoms. The molecule has 0 saturated heterocycles. The van der Waals surface area contributed by atoms with E-state index in [2.05, 4.69) is 16.4 Å². The Kier molecular flexibility index (Phi) is 5.33. The molecule has 2 aliphatic heterocycles. The highest BCUT2D eigenvalue weighted by Crippen LogP contribution is 2.46. The molecule has 2 unspecified atom stereocenters. The van der Waals surface area contributed by atoms with Crippen LogP contribution in [0.4, 0.5) is 5.82 Å². The van der Waals surface area contributed by atoms with Gasteiger partial charge in [-0.3, -0.25) is 19.6 Å². The SMILES string of the molecule is CC(C)C1=NC(C)(c2ccccc2)N(CC=Cc2cnc3c(c2)CC2(C3)C(=O)Nc3ncccc32)C1=O. The summed E-state index contributed by atoms with van der Waals surface area (Å²) in [5.41, 5.74) is 4.13. The van der Waals surface area contributed by atoms with Gasteiger partial charge in [0.25, 0.3) is 5.91 Å². The highest BCUT2D eigenvalue weighted by atomic mass is 16.2. The summed E-state index contributed by atoms with van der Waals surface area (Å²) in [7, 11) is 0. The van der Waals surface area contributed by atoms with Crippen LogP contribution in [0.25, 0.3) is 6.08 Å². The molecule has 3 aliphatic rings. The molecule has 7 heteroatoms. The van der Waals surface area contributed by atoms with Crippen molar-refractivity contribution >= 4 is 29.4 Å². The number of aliphatic imine (C=N–C) groups is 1. The van der Waals surface area contributed by atoms with Gasteiger partial charge in [0, 0.05) is 42.5 Å². The monoisotopic (exact) mass is 491 g/mol. The summed E-state index contributed by atoms with van der Waals surface area (Å²) in [6, 6.07) is 15.9. The first-order valence-corrected chi connectivity index (χ1v) is 12.7. The number of nitrogens with zero attached hydrogens (tertiary/aromatic N) is 4. The number of aromatic nitrogens is 2. The van der Waals surface area contributed by atoms with E-state index < -0.39 is 11.1 Å². The van der Waals surface area contributed by atoms with E-state index in [0.717, 1.165) is 27.9 Å². The summed E-state index contributed by atoms with van der Waals surface area (Å²) >= 11 is 0. The predicted molar refractivity (Wildman–Crippen MR) is 143 cm³/mol. The van der Waals surface area contributed by atoms with E-state index in [1.165, 1.54) is 0 Å². The average Bonchev–Trinajstić information content (AvgIpc) is 3.50. The van der Waals surface area contributed by atoms with E-state index in [9.17, 15) is 9.59 Å². The number of rotatable bonds is 5. The second-order valence-corrected chi connectivity index (χ2v) is 10.5. The summed E-state index contributed by atoms with van der Waals surface area (Å²) < 4.78 is 0. The van der Waals surface area contributed by atoms with Gasteiger partial charge in [-0.05, 0) is 42.2 Å². The Morgan fingerprint density at radius 1 is 1.08 bits per heavy atom. The zero-order valence-corrected chi connectivity index (χ0v) is 21.2. The van der Waals surface area contributed by atoms with Gasteiger partial charge in [-0.2, -0.15) is 0 Å². The minimum atomic E-state index is -0.748. The van der Waals surface area contributed by atoms with E-state index in [0.29, 0.717) is 30.9 Å². The zero-order valence-electron chi connectivity index (χ0n) is 21.2. The lowest BCUT2D eigenvalue weighted by molar-refractivity contribution is -0.127. The van der Waals surface area contributed by atoms with Crippen LogP contribution in [0.2, 0.25) is 0 Å². The maximum atomic E-state index is 13.3. The molecule has 37 heavy (non-hydrogen) atoms. The number of benzene rings is 1. The van der Waals surface area contributed by atoms with Crippen LogP contribution in [-0.4, -0.2) is 38.9 Å². The van der Waals surface area contributed by atoms with Crippen molar-refractivity contribution in [2.24, 2.45) is 10.9 Å². The molecule has 0 radical (unpaired) electrons. The van der Waals surface area contributed by atoms with E-state index in [1.54, 1.807) is 6.20 Å². The molecule has 1 N–H and O–H groups in total. The molecular formula is C30H29N5O2. The van der Waals surface area contributed by atoms with Crippen LogP contribution in [0.15, 0.2) is 72.0 Å². The van der Waals surface area contributed by atoms with E-state index in [4.69, 9.17) is 9.98 Å². The van der Waals surface area contributed by atoms with Gasteiger partial charge in [-0.25, -0.2) is 4.98 Å². The van der Waals surface area contributed by atoms with Gasteiger partial charge >= 0.3 is 0 Å². The van der Waals surface area contributed by atoms with Crippen molar-refractivity contribution in [3.8, 4) is 0 Å². The first-order valence-electron chi connectivity index (χ1n) is 12.7. The normalized spacial score (nSPS) is 24.2. The molecule has 2 aromatic heterocycles. The lowest BCUT2D eigenvalue weighted by atomic mass is 9.80. The van der Waals surface area contributed by atoms with Gasteiger partial charge in [-0.1, -0.05) is 62.4 Å². The largest absolute Gasteiger partial charge is 0.310 e. The number of amides is 2. The van der Waals surface area contributed by atoms with Crippen molar-refractivity contribution in [1.82, 2.24) is 14.9 Å². The van der Waals surface area contributed by atoms with E-state index in [-0.39, 0.29) is 17.7 Å². The van der Waals surface area contributed by atoms with Gasteiger partial charge in [0.15, 0.2) is 5.66 Å². The number of anilines is 1. The Bertz CT molecular complexity index is 1480. The van der Waals surface area contributed by atoms with Gasteiger partial charge in [0.05, 0.1) is 5.41 Å². The van der Waals surface area contributed by atoms with Crippen molar-refractivity contribution in [3.63, 3.8) is 0 Å². The van der Waals surface area contributed by atoms with Gasteiger partial charge in [-0.15, -0.1) is 0 Å². The molecule has 0 fully saturated rings. The third kappa shape index (κ3) is 3.60. The minimum Gasteiger partial charge on any atom is -0.310 e. The predicted octanol–water partition coefficient (Wildman–Crippen LogP) is 4.29. The lowest BCUT2D eigenvalue weighted by Gasteiger charge is -2.32. The molecule has 3 aromatic rings. The highest BCUT2D eigenvalue weighted by molar-refractivity contribution is 6.41. The molecule has 0 saturated carbocycles. The van der Waals surface area contributed by atoms with Crippen LogP contribution in [0.5, 0.6) is 0 Å². The average molecular weight is 492 g/mol. The zero-order chi connectivity index (χ0) is 25.8. The van der Waals surface area contributed by atoms with Gasteiger partial charge < -0.3 is 10.2 Å². The van der Waals surface area contributed by atoms with E-state index in [1.807, 2.05) is 86.5 Å². The first kappa shape index (κ1) is 23.3. The number of nitrogens with one attached hydrogen (secondary N) is 1. The number of pyridine rings is 2. The topological polar surface area (TPSA) is 87.6 Å². The third-order valence-electron chi connectivity index (χ3n) is 7.83. The van der Waals surface area contributed by atoms with Gasteiger partial charge in [0.1, 0.15) is 11.5 Å². The maximum Gasteiger partial charge on any atom is 0.270 e. The number of fused-ring (bicyclic) bond motifs is 3. The van der Waals surface area contributed by atoms with Crippen LogP contribution in [0.1, 0.15) is 48.7 Å². The molecule has 1 aromatic carbocycles. The van der Waals surface area contributed by atoms with Crippen LogP contribution in [0.3, 0.4) is 0 Å². The fourth-order valence-electron chi connectivity index (χ4n) is 5.81. The molecule has 186 valence electrons. The molecule has 7 nitrogen and oxygen atoms in total. The quantitative estimate of drug-likeness (QED) is 0.577. The van der Waals surface area contributed by atoms with Crippen molar-refractivity contribution in [2.45, 2.75) is 44.7 Å². The molecular weight excluding hydrogens is 462 g/mol. The number of hydrogen-bond acceptors (Lipinski definition) is 5. The summed E-state index contributed by atoms with van der Waals surface area (Å²) in [5.74, 6) is 0.663. The van der Waals surface area contributed by atoms with Gasteiger partial charge in [0.2, 0.25) is 5.91 Å². The standard InChI is InChI=1S/C30H29N5O2/c1-19(2)25-27(36)35(29(3,34-25)22-10-5-4-6-11-22)14-8-9-20-15-21-16-30(17-24(21)32-18-20)23-12-7-13-31-26(23)33-28(30)37/h4-13,15,18-19H,14,16-17H2,1-3H3,(H,31,33,37). The fourth-order valence-corrected chi connectivity index (χ4v) is 5.81. The summed E-state index contributed by atoms with van der Waals surface area (Å²) in [5, 5.41) is 2.94. The Morgan fingerprint density at radius 2 is 1.89 bits per heavy atom. The molecule has 2 amide bonds. The Balaban J connectivity index is 1.24. The highest BCUT2D eigenvalue weighted by Gasteiger charge is 2.51. The van der Waals surface area contributed by atoms with E-state index >= 15 is 0 Å². The molecule has 1 aliphatic carbocycles. The van der Waals surface area contributed by atoms with Crippen LogP contribution in [-0.2, 0) is 33.5 Å². The number of carbonyl (C=O) groups is 2. The summed E-state index contributed by atoms with van der Waals surface area (Å²) in [4.78, 5) is 42.1. The Hall–Kier alpha value is -4.13. The van der Waals surface area contributed by atoms with Crippen molar-refractivity contribution in [3.05, 3.63) is 94.9 Å². The second-order valence-electron chi connectivity index (χ2n) is 10.5. The molecule has 2 atom stereocenters. The molecule has 1 spiro atoms. The summed E-state index contributed by atoms with van der Waals surface area (Å²) in [6.45, 7) is 6.43. The van der Waals surface area contributed by atoms with Crippen LogP contribution >= 0.6 is 0 Å². The van der Waals surface area contributed by atoms with Crippen molar-refractivity contribution in [1.29, 1.82) is 0 Å². The fraction of sp³-hybridized carbons (Fsp3) is 0.300. The Labute approximate surface area is 216 Å². The lowest BCUT2D eigenvalue weighted by Crippen LogP contribution is -2.43. The first-order chi connectivity index (χ1) is 17.8. The second kappa shape index (κ2) is 8.47. The molecule has 4 heterocycles. The number of carbonyl (C=O) groups excluding carboxylic acids is 2. The molecule has 6 rings (SSSR count). The Morgan fingerprint density at radius 3 is 2.68 bits per heavy atom. The smallest absolute Gasteiger partial charge is 0.270 e. The van der Waals surface area contributed by atoms with Crippen LogP contribution < -0.4 is 5.32 Å². The number of hydrogen-bond donors (Lipinski definition) is 1.